The van der Waals surface area contributed by atoms with Gasteiger partial charge in [0.25, 0.3) is 0 Å². The number of aliphatic imine (C=N–C) groups is 1. The van der Waals surface area contributed by atoms with Gasteiger partial charge in [-0.1, -0.05) is 0 Å². The van der Waals surface area contributed by atoms with Crippen LogP contribution in [0.1, 0.15) is 20.3 Å². The van der Waals surface area contributed by atoms with Crippen molar-refractivity contribution in [1.29, 1.82) is 0 Å². The molecule has 0 aliphatic carbocycles. The molecule has 17 heavy (non-hydrogen) atoms. The number of nitrogens with zero attached hydrogens (tertiary/aromatic N) is 2. The van der Waals surface area contributed by atoms with Gasteiger partial charge in [-0.15, -0.1) is 0 Å². The molecule has 0 saturated carbocycles. The summed E-state index contributed by atoms with van der Waals surface area (Å²) in [6.07, 6.45) is 0.906. The number of hydrogen-bond acceptors (Lipinski definition) is 4. The molecule has 1 atom stereocenters. The summed E-state index contributed by atoms with van der Waals surface area (Å²) >= 11 is 0. The van der Waals surface area contributed by atoms with E-state index in [2.05, 4.69) is 27.6 Å². The lowest BCUT2D eigenvalue weighted by molar-refractivity contribution is 0.146. The monoisotopic (exact) mass is 245 g/mol. The van der Waals surface area contributed by atoms with Crippen molar-refractivity contribution in [2.45, 2.75) is 26.3 Å². The van der Waals surface area contributed by atoms with E-state index in [1.54, 1.807) is 0 Å². The Kier molecular flexibility index (Phi) is 9.80. The van der Waals surface area contributed by atoms with Gasteiger partial charge in [-0.25, -0.2) is 5.84 Å². The standard InChI is InChI=1S/C11H27N5O/c1-5-17-8-6-7-13-11(15-12)14-10(2)9-16(3)4/h10H,5-9,12H2,1-4H3,(H2,13,14,15). The molecule has 0 heterocycles. The average molecular weight is 245 g/mol. The first-order valence-corrected chi connectivity index (χ1v) is 6.10. The van der Waals surface area contributed by atoms with E-state index in [1.807, 2.05) is 21.0 Å². The molecular formula is C11H27N5O. The van der Waals surface area contributed by atoms with E-state index in [4.69, 9.17) is 10.6 Å². The van der Waals surface area contributed by atoms with Crippen LogP contribution in [-0.4, -0.2) is 57.3 Å². The Morgan fingerprint density at radius 3 is 2.71 bits per heavy atom. The maximum absolute atomic E-state index is 5.40. The molecule has 0 fully saturated rings. The van der Waals surface area contributed by atoms with Crippen LogP contribution in [0.5, 0.6) is 0 Å². The highest BCUT2D eigenvalue weighted by molar-refractivity contribution is 5.79. The second-order valence-corrected chi connectivity index (χ2v) is 4.23. The minimum absolute atomic E-state index is 0.298. The largest absolute Gasteiger partial charge is 0.382 e. The first-order valence-electron chi connectivity index (χ1n) is 6.10. The van der Waals surface area contributed by atoms with Crippen LogP contribution in [0.25, 0.3) is 0 Å². The van der Waals surface area contributed by atoms with Gasteiger partial charge in [0.2, 0.25) is 5.96 Å². The van der Waals surface area contributed by atoms with Crippen molar-refractivity contribution >= 4 is 5.96 Å². The highest BCUT2D eigenvalue weighted by Gasteiger charge is 2.04. The summed E-state index contributed by atoms with van der Waals surface area (Å²) < 4.78 is 5.23. The number of ether oxygens (including phenoxy) is 1. The van der Waals surface area contributed by atoms with Crippen molar-refractivity contribution in [1.82, 2.24) is 15.6 Å². The molecule has 0 amide bonds. The van der Waals surface area contributed by atoms with Crippen LogP contribution in [0.3, 0.4) is 0 Å². The molecule has 0 aromatic carbocycles. The molecule has 6 heteroatoms. The third-order valence-corrected chi connectivity index (χ3v) is 2.08. The molecule has 0 spiro atoms. The Bertz CT molecular complexity index is 208. The number of rotatable bonds is 8. The minimum Gasteiger partial charge on any atom is -0.382 e. The van der Waals surface area contributed by atoms with Gasteiger partial charge in [0, 0.05) is 32.3 Å². The van der Waals surface area contributed by atoms with Crippen LogP contribution in [0.15, 0.2) is 4.99 Å². The predicted molar refractivity (Wildman–Crippen MR) is 71.9 cm³/mol. The molecule has 0 radical (unpaired) electrons. The molecule has 0 aliphatic heterocycles. The maximum atomic E-state index is 5.40. The van der Waals surface area contributed by atoms with Crippen LogP contribution in [0, 0.1) is 0 Å². The van der Waals surface area contributed by atoms with Crippen molar-refractivity contribution in [3.05, 3.63) is 0 Å². The highest BCUT2D eigenvalue weighted by Crippen LogP contribution is 1.87. The summed E-state index contributed by atoms with van der Waals surface area (Å²) in [5.74, 6) is 6.04. The molecule has 102 valence electrons. The second kappa shape index (κ2) is 10.3. The number of nitrogens with two attached hydrogens (primary N) is 1. The zero-order valence-electron chi connectivity index (χ0n) is 11.5. The van der Waals surface area contributed by atoms with Gasteiger partial charge in [-0.05, 0) is 34.4 Å². The fraction of sp³-hybridized carbons (Fsp3) is 0.909. The Labute approximate surface area is 105 Å². The fourth-order valence-corrected chi connectivity index (χ4v) is 1.46. The lowest BCUT2D eigenvalue weighted by atomic mass is 10.3. The predicted octanol–water partition coefficient (Wildman–Crippen LogP) is -0.228. The van der Waals surface area contributed by atoms with Gasteiger partial charge >= 0.3 is 0 Å². The van der Waals surface area contributed by atoms with E-state index >= 15 is 0 Å². The summed E-state index contributed by atoms with van der Waals surface area (Å²) in [5.41, 5.74) is 2.58. The Balaban J connectivity index is 3.84. The van der Waals surface area contributed by atoms with E-state index in [0.717, 1.165) is 26.2 Å². The third kappa shape index (κ3) is 10.0. The molecule has 0 aromatic rings. The van der Waals surface area contributed by atoms with E-state index in [-0.39, 0.29) is 0 Å². The van der Waals surface area contributed by atoms with E-state index < -0.39 is 0 Å². The van der Waals surface area contributed by atoms with E-state index in [9.17, 15) is 0 Å². The van der Waals surface area contributed by atoms with Crippen molar-refractivity contribution in [2.24, 2.45) is 10.8 Å². The van der Waals surface area contributed by atoms with Crippen LogP contribution in [0.2, 0.25) is 0 Å². The zero-order valence-corrected chi connectivity index (χ0v) is 11.5. The van der Waals surface area contributed by atoms with Crippen molar-refractivity contribution in [3.8, 4) is 0 Å². The molecule has 0 aliphatic rings. The number of likely N-dealkylation sites (N-methyl/N-ethyl adjacent to an activating group) is 1. The van der Waals surface area contributed by atoms with Crippen LogP contribution >= 0.6 is 0 Å². The Hall–Kier alpha value is -0.850. The highest BCUT2D eigenvalue weighted by atomic mass is 16.5. The van der Waals surface area contributed by atoms with E-state index in [0.29, 0.717) is 18.5 Å². The summed E-state index contributed by atoms with van der Waals surface area (Å²) in [6, 6.07) is 0.298. The molecular weight excluding hydrogens is 218 g/mol. The Morgan fingerprint density at radius 2 is 2.18 bits per heavy atom. The van der Waals surface area contributed by atoms with E-state index in [1.165, 1.54) is 0 Å². The summed E-state index contributed by atoms with van der Waals surface area (Å²) in [7, 11) is 4.07. The Morgan fingerprint density at radius 1 is 1.47 bits per heavy atom. The number of hydrogen-bond donors (Lipinski definition) is 3. The van der Waals surface area contributed by atoms with Crippen molar-refractivity contribution in [3.63, 3.8) is 0 Å². The lowest BCUT2D eigenvalue weighted by Crippen LogP contribution is -2.48. The topological polar surface area (TPSA) is 74.9 Å². The first kappa shape index (κ1) is 16.1. The van der Waals surface area contributed by atoms with Gasteiger partial charge in [0.05, 0.1) is 0 Å². The number of guanidine groups is 1. The summed E-state index contributed by atoms with van der Waals surface area (Å²) in [6.45, 7) is 7.21. The van der Waals surface area contributed by atoms with Crippen molar-refractivity contribution in [2.75, 3.05) is 40.4 Å². The summed E-state index contributed by atoms with van der Waals surface area (Å²) in [4.78, 5) is 6.44. The van der Waals surface area contributed by atoms with Crippen LogP contribution in [-0.2, 0) is 4.74 Å². The maximum Gasteiger partial charge on any atom is 0.205 e. The molecule has 6 nitrogen and oxygen atoms in total. The SMILES string of the molecule is CCOCCCN=C(NN)NC(C)CN(C)C. The molecule has 0 saturated heterocycles. The minimum atomic E-state index is 0.298. The normalized spacial score (nSPS) is 13.9. The zero-order chi connectivity index (χ0) is 13.1. The first-order chi connectivity index (χ1) is 8.10. The lowest BCUT2D eigenvalue weighted by Gasteiger charge is -2.20. The van der Waals surface area contributed by atoms with Gasteiger partial charge in [0.1, 0.15) is 0 Å². The molecule has 0 aromatic heterocycles. The average Bonchev–Trinajstić information content (AvgIpc) is 2.26. The molecule has 1 unspecified atom stereocenters. The quantitative estimate of drug-likeness (QED) is 0.181. The fourth-order valence-electron chi connectivity index (χ4n) is 1.46. The number of nitrogens with one attached hydrogen (secondary N) is 2. The third-order valence-electron chi connectivity index (χ3n) is 2.08. The van der Waals surface area contributed by atoms with Gasteiger partial charge < -0.3 is 15.0 Å². The second-order valence-electron chi connectivity index (χ2n) is 4.23. The molecule has 4 N–H and O–H groups in total. The van der Waals surface area contributed by atoms with Gasteiger partial charge in [-0.3, -0.25) is 10.4 Å². The van der Waals surface area contributed by atoms with Crippen molar-refractivity contribution < 1.29 is 4.74 Å². The van der Waals surface area contributed by atoms with Crippen LogP contribution < -0.4 is 16.6 Å². The summed E-state index contributed by atoms with van der Waals surface area (Å²) in [5, 5.41) is 3.22. The van der Waals surface area contributed by atoms with Gasteiger partial charge in [0.15, 0.2) is 0 Å². The smallest absolute Gasteiger partial charge is 0.205 e. The van der Waals surface area contributed by atoms with Gasteiger partial charge in [-0.2, -0.15) is 0 Å². The number of hydrazine groups is 1. The molecule has 0 rings (SSSR count). The molecule has 0 bridgehead atoms. The van der Waals surface area contributed by atoms with Crippen LogP contribution in [0.4, 0.5) is 0 Å².